The van der Waals surface area contributed by atoms with Crippen molar-refractivity contribution in [1.82, 2.24) is 4.37 Å². The number of carboxylic acid groups (broad SMARTS) is 1. The second-order valence-corrected chi connectivity index (χ2v) is 4.82. The number of nitriles is 1. The van der Waals surface area contributed by atoms with E-state index in [1.807, 2.05) is 13.0 Å². The normalized spacial score (nSPS) is 9.95. The molecule has 0 aliphatic carbocycles. The van der Waals surface area contributed by atoms with Crippen molar-refractivity contribution in [2.75, 3.05) is 5.32 Å². The molecule has 0 aliphatic rings. The van der Waals surface area contributed by atoms with Gasteiger partial charge in [-0.25, -0.2) is 4.79 Å². The monoisotopic (exact) mass is 273 g/mol. The number of benzene rings is 1. The predicted octanol–water partition coefficient (Wildman–Crippen LogP) is 3.07. The molecule has 0 atom stereocenters. The minimum absolute atomic E-state index is 0.173. The maximum atomic E-state index is 11.2. The molecule has 6 heteroatoms. The number of nitrogens with zero attached hydrogens (tertiary/aromatic N) is 2. The van der Waals surface area contributed by atoms with Gasteiger partial charge in [0.2, 0.25) is 0 Å². The smallest absolute Gasteiger partial charge is 0.340 e. The van der Waals surface area contributed by atoms with Gasteiger partial charge in [0.1, 0.15) is 10.6 Å². The molecule has 0 fully saturated rings. The Labute approximate surface area is 114 Å². The zero-order chi connectivity index (χ0) is 14.0. The van der Waals surface area contributed by atoms with Gasteiger partial charge in [-0.1, -0.05) is 6.07 Å². The van der Waals surface area contributed by atoms with Gasteiger partial charge < -0.3 is 10.4 Å². The highest BCUT2D eigenvalue weighted by Crippen LogP contribution is 2.29. The highest BCUT2D eigenvalue weighted by molar-refractivity contribution is 7.10. The lowest BCUT2D eigenvalue weighted by atomic mass is 10.1. The number of nitrogens with one attached hydrogen (secondary N) is 1. The maximum absolute atomic E-state index is 11.2. The third kappa shape index (κ3) is 2.56. The Morgan fingerprint density at radius 3 is 2.84 bits per heavy atom. The summed E-state index contributed by atoms with van der Waals surface area (Å²) in [6.45, 7) is 3.54. The van der Waals surface area contributed by atoms with E-state index in [2.05, 4.69) is 15.8 Å². The zero-order valence-electron chi connectivity index (χ0n) is 10.4. The van der Waals surface area contributed by atoms with Crippen LogP contribution in [0.15, 0.2) is 18.2 Å². The van der Waals surface area contributed by atoms with E-state index in [0.29, 0.717) is 21.9 Å². The first-order valence-electron chi connectivity index (χ1n) is 5.50. The first-order valence-corrected chi connectivity index (χ1v) is 6.27. The average Bonchev–Trinajstić information content (AvgIpc) is 2.73. The standard InChI is InChI=1S/C13H11N3O2S/c1-7-3-4-9(6-14)5-10(7)15-12-11(13(17)18)8(2)16-19-12/h3-5,15H,1-2H3,(H,17,18). The molecule has 5 nitrogen and oxygen atoms in total. The van der Waals surface area contributed by atoms with Crippen molar-refractivity contribution in [2.24, 2.45) is 0 Å². The Morgan fingerprint density at radius 1 is 1.47 bits per heavy atom. The molecule has 0 bridgehead atoms. The lowest BCUT2D eigenvalue weighted by molar-refractivity contribution is 0.0697. The first kappa shape index (κ1) is 13.1. The fourth-order valence-corrected chi connectivity index (χ4v) is 2.46. The summed E-state index contributed by atoms with van der Waals surface area (Å²) < 4.78 is 4.04. The van der Waals surface area contributed by atoms with E-state index in [1.54, 1.807) is 19.1 Å². The first-order chi connectivity index (χ1) is 9.02. The van der Waals surface area contributed by atoms with Crippen LogP contribution in [0.1, 0.15) is 27.2 Å². The molecule has 1 aromatic heterocycles. The van der Waals surface area contributed by atoms with Crippen LogP contribution in [0.3, 0.4) is 0 Å². The van der Waals surface area contributed by atoms with Crippen molar-refractivity contribution < 1.29 is 9.90 Å². The second-order valence-electron chi connectivity index (χ2n) is 4.04. The summed E-state index contributed by atoms with van der Waals surface area (Å²) in [4.78, 5) is 11.2. The van der Waals surface area contributed by atoms with Gasteiger partial charge in [0.25, 0.3) is 0 Å². The Balaban J connectivity index is 2.42. The van der Waals surface area contributed by atoms with E-state index < -0.39 is 5.97 Å². The third-order valence-corrected chi connectivity index (χ3v) is 3.55. The number of aromatic nitrogens is 1. The molecular weight excluding hydrogens is 262 g/mol. The van der Waals surface area contributed by atoms with E-state index >= 15 is 0 Å². The molecule has 2 rings (SSSR count). The van der Waals surface area contributed by atoms with Gasteiger partial charge in [-0.15, -0.1) is 0 Å². The number of aryl methyl sites for hydroxylation is 2. The van der Waals surface area contributed by atoms with Crippen LogP contribution in [0.4, 0.5) is 10.7 Å². The van der Waals surface area contributed by atoms with Gasteiger partial charge in [-0.2, -0.15) is 9.64 Å². The summed E-state index contributed by atoms with van der Waals surface area (Å²) in [5, 5.41) is 21.6. The SMILES string of the molecule is Cc1ccc(C#N)cc1Nc1snc(C)c1C(=O)O. The van der Waals surface area contributed by atoms with Gasteiger partial charge in [-0.3, -0.25) is 0 Å². The van der Waals surface area contributed by atoms with Crippen LogP contribution in [0.5, 0.6) is 0 Å². The predicted molar refractivity (Wildman–Crippen MR) is 73.0 cm³/mol. The summed E-state index contributed by atoms with van der Waals surface area (Å²) in [5.74, 6) is -1.01. The van der Waals surface area contributed by atoms with Gasteiger partial charge in [0, 0.05) is 5.69 Å². The van der Waals surface area contributed by atoms with E-state index in [1.165, 1.54) is 0 Å². The van der Waals surface area contributed by atoms with Crippen LogP contribution in [-0.4, -0.2) is 15.4 Å². The Kier molecular flexibility index (Phi) is 3.49. The fraction of sp³-hybridized carbons (Fsp3) is 0.154. The molecular formula is C13H11N3O2S. The highest BCUT2D eigenvalue weighted by atomic mass is 32.1. The van der Waals surface area contributed by atoms with E-state index in [0.717, 1.165) is 17.1 Å². The van der Waals surface area contributed by atoms with E-state index in [9.17, 15) is 4.79 Å². The Hall–Kier alpha value is -2.39. The minimum Gasteiger partial charge on any atom is -0.478 e. The zero-order valence-corrected chi connectivity index (χ0v) is 11.2. The molecule has 19 heavy (non-hydrogen) atoms. The van der Waals surface area contributed by atoms with Gasteiger partial charge in [0.05, 0.1) is 17.3 Å². The molecule has 2 N–H and O–H groups in total. The van der Waals surface area contributed by atoms with Crippen molar-refractivity contribution in [3.05, 3.63) is 40.6 Å². The molecule has 0 amide bonds. The molecule has 0 unspecified atom stereocenters. The van der Waals surface area contributed by atoms with Crippen LogP contribution in [0.25, 0.3) is 0 Å². The van der Waals surface area contributed by atoms with Gasteiger partial charge >= 0.3 is 5.97 Å². The van der Waals surface area contributed by atoms with Crippen LogP contribution < -0.4 is 5.32 Å². The maximum Gasteiger partial charge on any atom is 0.340 e. The summed E-state index contributed by atoms with van der Waals surface area (Å²) in [6, 6.07) is 7.28. The van der Waals surface area contributed by atoms with Crippen LogP contribution >= 0.6 is 11.5 Å². The number of carboxylic acids is 1. The number of anilines is 2. The Bertz CT molecular complexity index is 686. The van der Waals surface area contributed by atoms with Crippen molar-refractivity contribution in [3.8, 4) is 6.07 Å². The van der Waals surface area contributed by atoms with Crippen molar-refractivity contribution in [2.45, 2.75) is 13.8 Å². The topological polar surface area (TPSA) is 86.0 Å². The summed E-state index contributed by atoms with van der Waals surface area (Å²) in [5.41, 5.74) is 2.82. The summed E-state index contributed by atoms with van der Waals surface area (Å²) >= 11 is 1.10. The Morgan fingerprint density at radius 2 is 2.21 bits per heavy atom. The molecule has 0 saturated heterocycles. The highest BCUT2D eigenvalue weighted by Gasteiger charge is 2.18. The van der Waals surface area contributed by atoms with Crippen LogP contribution in [0, 0.1) is 25.2 Å². The number of aromatic carboxylic acids is 1. The lowest BCUT2D eigenvalue weighted by Crippen LogP contribution is -2.02. The van der Waals surface area contributed by atoms with Gasteiger partial charge in [0.15, 0.2) is 0 Å². The number of carbonyl (C=O) groups is 1. The van der Waals surface area contributed by atoms with Crippen molar-refractivity contribution >= 4 is 28.2 Å². The lowest BCUT2D eigenvalue weighted by Gasteiger charge is -2.08. The van der Waals surface area contributed by atoms with Gasteiger partial charge in [-0.05, 0) is 43.1 Å². The number of rotatable bonds is 3. The molecule has 2 aromatic rings. The third-order valence-electron chi connectivity index (χ3n) is 2.69. The molecule has 0 spiro atoms. The fourth-order valence-electron chi connectivity index (χ4n) is 1.66. The van der Waals surface area contributed by atoms with Crippen molar-refractivity contribution in [1.29, 1.82) is 5.26 Å². The van der Waals surface area contributed by atoms with Crippen LogP contribution in [0.2, 0.25) is 0 Å². The van der Waals surface area contributed by atoms with Crippen LogP contribution in [-0.2, 0) is 0 Å². The quantitative estimate of drug-likeness (QED) is 0.897. The second kappa shape index (κ2) is 5.08. The molecule has 0 radical (unpaired) electrons. The van der Waals surface area contributed by atoms with E-state index in [4.69, 9.17) is 10.4 Å². The average molecular weight is 273 g/mol. The molecule has 0 saturated carbocycles. The molecule has 1 aromatic carbocycles. The molecule has 0 aliphatic heterocycles. The minimum atomic E-state index is -1.01. The van der Waals surface area contributed by atoms with E-state index in [-0.39, 0.29) is 5.56 Å². The van der Waals surface area contributed by atoms with Crippen molar-refractivity contribution in [3.63, 3.8) is 0 Å². The number of hydrogen-bond acceptors (Lipinski definition) is 5. The number of hydrogen-bond donors (Lipinski definition) is 2. The summed E-state index contributed by atoms with van der Waals surface area (Å²) in [6.07, 6.45) is 0. The molecule has 1 heterocycles. The summed E-state index contributed by atoms with van der Waals surface area (Å²) in [7, 11) is 0. The molecule has 96 valence electrons. The largest absolute Gasteiger partial charge is 0.478 e.